The number of β-lactam (4-membered cyclic amide) rings is 1. The molecule has 0 aliphatic carbocycles. The van der Waals surface area contributed by atoms with Crippen LogP contribution in [0.4, 0.5) is 5.13 Å². The molecule has 0 saturated carbocycles. The number of phenols is 2. The van der Waals surface area contributed by atoms with Gasteiger partial charge in [0.1, 0.15) is 17.9 Å². The van der Waals surface area contributed by atoms with Crippen molar-refractivity contribution >= 4 is 75.4 Å². The van der Waals surface area contributed by atoms with Gasteiger partial charge in [-0.2, -0.15) is 0 Å². The van der Waals surface area contributed by atoms with E-state index >= 15 is 0 Å². The van der Waals surface area contributed by atoms with Crippen LogP contribution >= 0.6 is 23.1 Å². The van der Waals surface area contributed by atoms with Gasteiger partial charge in [0.05, 0.1) is 48.5 Å². The number of thiazole rings is 1. The monoisotopic (exact) mass is 814 g/mol. The third kappa shape index (κ3) is 6.92. The average Bonchev–Trinajstić information content (AvgIpc) is 3.68. The van der Waals surface area contributed by atoms with Gasteiger partial charge in [-0.25, -0.2) is 25.0 Å². The summed E-state index contributed by atoms with van der Waals surface area (Å²) >= 11 is 2.29. The summed E-state index contributed by atoms with van der Waals surface area (Å²) in [6.45, 7) is 2.81. The van der Waals surface area contributed by atoms with E-state index in [4.69, 9.17) is 15.7 Å². The van der Waals surface area contributed by atoms with E-state index < -0.39 is 88.9 Å². The molecule has 3 atom stereocenters. The minimum Gasteiger partial charge on any atom is -0.504 e. The quantitative estimate of drug-likeness (QED) is 0.0320. The molecular weight excluding hydrogens is 779 g/mol. The van der Waals surface area contributed by atoms with Gasteiger partial charge in [-0.1, -0.05) is 5.16 Å². The van der Waals surface area contributed by atoms with E-state index in [1.54, 1.807) is 0 Å². The summed E-state index contributed by atoms with van der Waals surface area (Å²) in [4.78, 5) is 98.5. The molecule has 0 unspecified atom stereocenters. The first-order chi connectivity index (χ1) is 26.5. The Hall–Kier alpha value is -5.58. The summed E-state index contributed by atoms with van der Waals surface area (Å²) in [7, 11) is 0. The number of imide groups is 1. The molecule has 7 heterocycles. The Labute approximate surface area is 324 Å². The van der Waals surface area contributed by atoms with Gasteiger partial charge in [-0.05, 0) is 12.1 Å². The first-order valence-electron chi connectivity index (χ1n) is 17.4. The van der Waals surface area contributed by atoms with Crippen molar-refractivity contribution < 1.29 is 68.4 Å². The number of rotatable bonds is 15. The zero-order valence-corrected chi connectivity index (χ0v) is 31.0. The maximum atomic E-state index is 13.6. The lowest BCUT2D eigenvalue weighted by atomic mass is 9.70. The number of nitrogens with zero attached hydrogens (tertiary/aromatic N) is 5. The number of carbonyl (C=O) groups is 7. The zero-order chi connectivity index (χ0) is 40.3. The summed E-state index contributed by atoms with van der Waals surface area (Å²) in [6.07, 6.45) is -1.12. The van der Waals surface area contributed by atoms with Crippen LogP contribution in [0.25, 0.3) is 0 Å². The smallest absolute Gasteiger partial charge is 0.352 e. The Balaban J connectivity index is 1.00. The Kier molecular flexibility index (Phi) is 10.0. The molecule has 0 radical (unpaired) electrons. The van der Waals surface area contributed by atoms with Crippen LogP contribution in [0.15, 0.2) is 33.9 Å². The van der Waals surface area contributed by atoms with Crippen molar-refractivity contribution in [3.05, 3.63) is 45.6 Å². The van der Waals surface area contributed by atoms with E-state index in [2.05, 4.69) is 15.6 Å². The van der Waals surface area contributed by atoms with E-state index in [0.29, 0.717) is 48.5 Å². The SMILES string of the molecule is Nc1nc(/C(=N/O[C@@H](CC(=O)O)C(=O)O)C(=O)C[C@@H]2C(=O)N3C(C(=O)O)=C(C[N+]45CCC(CNN6C(=O)c7cc(O)c(O)cc7C6=O)(CC4)CC5)CS[C@H]23)cs1. The summed E-state index contributed by atoms with van der Waals surface area (Å²) in [5.41, 5.74) is 8.40. The number of aromatic hydroxyl groups is 2. The highest BCUT2D eigenvalue weighted by Crippen LogP contribution is 2.48. The van der Waals surface area contributed by atoms with Gasteiger partial charge in [-0.3, -0.25) is 28.9 Å². The first-order valence-corrected chi connectivity index (χ1v) is 19.3. The first kappa shape index (κ1) is 38.7. The topological polar surface area (TPSA) is 300 Å². The number of nitrogen functional groups attached to an aromatic ring is 1. The number of benzene rings is 1. The number of phenolic OH excluding ortho intramolecular Hbond substituents is 2. The fourth-order valence-electron chi connectivity index (χ4n) is 8.01. The number of fused-ring (bicyclic) bond motifs is 5. The fraction of sp³-hybridized carbons (Fsp3) is 0.441. The molecule has 3 amide bonds. The molecule has 22 heteroatoms. The number of hydrogen-bond donors (Lipinski definition) is 7. The number of aromatic nitrogens is 1. The average molecular weight is 815 g/mol. The summed E-state index contributed by atoms with van der Waals surface area (Å²) in [5.74, 6) is -8.65. The van der Waals surface area contributed by atoms with Crippen molar-refractivity contribution in [2.24, 2.45) is 16.5 Å². The van der Waals surface area contributed by atoms with E-state index in [9.17, 15) is 54.0 Å². The lowest BCUT2D eigenvalue weighted by molar-refractivity contribution is -0.941. The minimum absolute atomic E-state index is 0.0120. The van der Waals surface area contributed by atoms with Crippen molar-refractivity contribution in [3.8, 4) is 11.5 Å². The largest absolute Gasteiger partial charge is 0.504 e. The molecule has 56 heavy (non-hydrogen) atoms. The number of amides is 3. The second-order valence-corrected chi connectivity index (χ2v) is 16.5. The predicted molar refractivity (Wildman–Crippen MR) is 193 cm³/mol. The Morgan fingerprint density at radius 3 is 2.20 bits per heavy atom. The molecule has 8 N–H and O–H groups in total. The molecule has 8 rings (SSSR count). The molecule has 6 aliphatic heterocycles. The molecule has 296 valence electrons. The van der Waals surface area contributed by atoms with Gasteiger partial charge < -0.3 is 40.6 Å². The number of quaternary nitrogens is 1. The van der Waals surface area contributed by atoms with Crippen molar-refractivity contribution in [1.29, 1.82) is 0 Å². The van der Waals surface area contributed by atoms with Gasteiger partial charge in [0.25, 0.3) is 11.8 Å². The normalized spacial score (nSPS) is 26.1. The number of carboxylic acids is 3. The fourth-order valence-corrected chi connectivity index (χ4v) is 9.96. The molecule has 4 saturated heterocycles. The summed E-state index contributed by atoms with van der Waals surface area (Å²) in [5, 5.41) is 53.7. The highest BCUT2D eigenvalue weighted by Gasteiger charge is 2.56. The number of carboxylic acid groups (broad SMARTS) is 3. The molecular formula is C34H36N7O13S2+. The maximum Gasteiger partial charge on any atom is 0.352 e. The van der Waals surface area contributed by atoms with Gasteiger partial charge in [0, 0.05) is 54.3 Å². The van der Waals surface area contributed by atoms with E-state index in [1.807, 2.05) is 0 Å². The lowest BCUT2D eigenvalue weighted by Gasteiger charge is -2.56. The Morgan fingerprint density at radius 1 is 1.04 bits per heavy atom. The maximum absolute atomic E-state index is 13.6. The van der Waals surface area contributed by atoms with Gasteiger partial charge in [-0.15, -0.1) is 23.1 Å². The van der Waals surface area contributed by atoms with Crippen LogP contribution in [0, 0.1) is 11.3 Å². The van der Waals surface area contributed by atoms with Crippen LogP contribution in [0.5, 0.6) is 11.5 Å². The van der Waals surface area contributed by atoms with Gasteiger partial charge in [0.2, 0.25) is 12.0 Å². The molecule has 2 aromatic rings. The summed E-state index contributed by atoms with van der Waals surface area (Å²) in [6, 6.07) is 2.13. The predicted octanol–water partition coefficient (Wildman–Crippen LogP) is 0.416. The number of nitrogens with two attached hydrogens (primary N) is 1. The number of piperidine rings is 3. The van der Waals surface area contributed by atoms with Crippen LogP contribution in [0.3, 0.4) is 0 Å². The number of hydrogen-bond acceptors (Lipinski definition) is 16. The van der Waals surface area contributed by atoms with Crippen LogP contribution in [-0.4, -0.2) is 142 Å². The number of Topliss-reactive ketones (excluding diaryl/α,β-unsaturated/α-hetero) is 1. The molecule has 2 bridgehead atoms. The van der Waals surface area contributed by atoms with Crippen molar-refractivity contribution in [3.63, 3.8) is 0 Å². The van der Waals surface area contributed by atoms with Crippen molar-refractivity contribution in [2.45, 2.75) is 43.6 Å². The zero-order valence-electron chi connectivity index (χ0n) is 29.4. The molecule has 1 aromatic heterocycles. The number of thioether (sulfide) groups is 1. The third-order valence-electron chi connectivity index (χ3n) is 11.2. The molecule has 0 spiro atoms. The Bertz CT molecular complexity index is 2090. The Morgan fingerprint density at radius 2 is 1.66 bits per heavy atom. The van der Waals surface area contributed by atoms with Crippen molar-refractivity contribution in [2.75, 3.05) is 44.2 Å². The van der Waals surface area contributed by atoms with Crippen LogP contribution in [-0.2, 0) is 28.8 Å². The highest BCUT2D eigenvalue weighted by molar-refractivity contribution is 8.00. The van der Waals surface area contributed by atoms with Crippen LogP contribution < -0.4 is 11.2 Å². The number of hydrazine groups is 1. The van der Waals surface area contributed by atoms with Crippen LogP contribution in [0.2, 0.25) is 0 Å². The van der Waals surface area contributed by atoms with Gasteiger partial charge >= 0.3 is 17.9 Å². The highest BCUT2D eigenvalue weighted by atomic mass is 32.2. The number of aliphatic carboxylic acids is 3. The molecule has 4 fully saturated rings. The summed E-state index contributed by atoms with van der Waals surface area (Å²) < 4.78 is 0.602. The number of oxime groups is 1. The van der Waals surface area contributed by atoms with E-state index in [0.717, 1.165) is 47.7 Å². The standard InChI is InChI=1S/C34H35N7O13S2/c35-33-37-19(13-56-33)25(38-54-23(31(50)51)10-24(45)46)22(44)9-18-27(47)39-26(32(52)53)15(12-55-30(18)39)11-41-4-1-34(2-5-41,3-6-41)14-36-40-28(48)16-7-20(42)21(43)8-17(16)29(40)49/h7-8,13,18,23,30,36H,1-6,9-12,14H2,(H6-,35,37,38,42,43,44,45,46,48,49,50,51,52,53)/p+1/t18-,23+,30-,34?,41?/m1/s1. The van der Waals surface area contributed by atoms with E-state index in [1.165, 1.54) is 22.0 Å². The molecule has 20 nitrogen and oxygen atoms in total. The minimum atomic E-state index is -1.92. The number of carbonyl (C=O) groups excluding carboxylic acids is 4. The number of anilines is 1. The second-order valence-electron chi connectivity index (χ2n) is 14.5. The van der Waals surface area contributed by atoms with Crippen LogP contribution in [0.1, 0.15) is 58.5 Å². The van der Waals surface area contributed by atoms with E-state index in [-0.39, 0.29) is 33.1 Å². The number of ketones is 1. The molecule has 1 aromatic carbocycles. The third-order valence-corrected chi connectivity index (χ3v) is 13.2. The second kappa shape index (κ2) is 14.5. The lowest BCUT2D eigenvalue weighted by Crippen LogP contribution is -2.66. The molecule has 6 aliphatic rings. The van der Waals surface area contributed by atoms with Crippen molar-refractivity contribution in [1.82, 2.24) is 20.3 Å². The number of nitrogens with one attached hydrogen (secondary N) is 1. The van der Waals surface area contributed by atoms with Gasteiger partial charge in [0.15, 0.2) is 28.1 Å².